The number of nitrogens with two attached hydrogens (primary N) is 1. The van der Waals surface area contributed by atoms with Gasteiger partial charge in [0.25, 0.3) is 0 Å². The first kappa shape index (κ1) is 9.49. The van der Waals surface area contributed by atoms with Gasteiger partial charge in [-0.2, -0.15) is 0 Å². The molecule has 14 heavy (non-hydrogen) atoms. The summed E-state index contributed by atoms with van der Waals surface area (Å²) in [6, 6.07) is 8.61. The summed E-state index contributed by atoms with van der Waals surface area (Å²) >= 11 is 0. The summed E-state index contributed by atoms with van der Waals surface area (Å²) in [7, 11) is 1.95. The second kappa shape index (κ2) is 3.98. The van der Waals surface area contributed by atoms with Crippen molar-refractivity contribution >= 4 is 5.69 Å². The molecule has 3 heteroatoms. The van der Waals surface area contributed by atoms with Crippen LogP contribution in [0.3, 0.4) is 0 Å². The van der Waals surface area contributed by atoms with Gasteiger partial charge in [-0.05, 0) is 11.6 Å². The number of hydrogen-bond donors (Lipinski definition) is 3. The number of rotatable bonds is 2. The van der Waals surface area contributed by atoms with Crippen LogP contribution in [0.2, 0.25) is 0 Å². The van der Waals surface area contributed by atoms with E-state index >= 15 is 0 Å². The first-order valence-corrected chi connectivity index (χ1v) is 5.06. The minimum absolute atomic E-state index is 0.240. The van der Waals surface area contributed by atoms with Crippen molar-refractivity contribution in [3.05, 3.63) is 29.8 Å². The Morgan fingerprint density at radius 3 is 2.79 bits per heavy atom. The maximum absolute atomic E-state index is 6.04. The summed E-state index contributed by atoms with van der Waals surface area (Å²) < 4.78 is 0. The lowest BCUT2D eigenvalue weighted by Gasteiger charge is -2.18. The normalized spacial score (nSPS) is 26.4. The SMILES string of the molecule is CNc1ccccc1C1CNCC1N. The Kier molecular flexibility index (Phi) is 2.70. The summed E-state index contributed by atoms with van der Waals surface area (Å²) in [4.78, 5) is 0. The van der Waals surface area contributed by atoms with Crippen LogP contribution in [0, 0.1) is 0 Å². The highest BCUT2D eigenvalue weighted by Crippen LogP contribution is 2.27. The smallest absolute Gasteiger partial charge is 0.0374 e. The van der Waals surface area contributed by atoms with Crippen LogP contribution < -0.4 is 16.4 Å². The molecule has 2 atom stereocenters. The van der Waals surface area contributed by atoms with Crippen LogP contribution in [0.15, 0.2) is 24.3 Å². The van der Waals surface area contributed by atoms with Gasteiger partial charge in [0.1, 0.15) is 0 Å². The largest absolute Gasteiger partial charge is 0.388 e. The Morgan fingerprint density at radius 1 is 1.36 bits per heavy atom. The molecule has 2 unspecified atom stereocenters. The molecule has 0 bridgehead atoms. The van der Waals surface area contributed by atoms with Crippen LogP contribution in [0.4, 0.5) is 5.69 Å². The molecule has 0 radical (unpaired) electrons. The first-order valence-electron chi connectivity index (χ1n) is 5.06. The number of hydrogen-bond acceptors (Lipinski definition) is 3. The van der Waals surface area contributed by atoms with Gasteiger partial charge in [0.05, 0.1) is 0 Å². The van der Waals surface area contributed by atoms with Crippen molar-refractivity contribution in [2.75, 3.05) is 25.5 Å². The zero-order valence-corrected chi connectivity index (χ0v) is 8.46. The molecule has 1 aliphatic heterocycles. The summed E-state index contributed by atoms with van der Waals surface area (Å²) in [6.07, 6.45) is 0. The van der Waals surface area contributed by atoms with Gasteiger partial charge in [0, 0.05) is 37.8 Å². The summed E-state index contributed by atoms with van der Waals surface area (Å²) in [5.41, 5.74) is 8.56. The highest BCUT2D eigenvalue weighted by Gasteiger charge is 2.26. The molecule has 76 valence electrons. The van der Waals surface area contributed by atoms with E-state index in [4.69, 9.17) is 5.73 Å². The molecule has 1 aliphatic rings. The van der Waals surface area contributed by atoms with Gasteiger partial charge < -0.3 is 16.4 Å². The van der Waals surface area contributed by atoms with E-state index in [1.54, 1.807) is 0 Å². The second-order valence-corrected chi connectivity index (χ2v) is 3.77. The molecular weight excluding hydrogens is 174 g/mol. The Bertz CT molecular complexity index is 311. The maximum Gasteiger partial charge on any atom is 0.0374 e. The molecule has 1 aromatic rings. The Labute approximate surface area is 84.7 Å². The second-order valence-electron chi connectivity index (χ2n) is 3.77. The van der Waals surface area contributed by atoms with Crippen molar-refractivity contribution in [2.24, 2.45) is 5.73 Å². The van der Waals surface area contributed by atoms with E-state index in [9.17, 15) is 0 Å². The van der Waals surface area contributed by atoms with Crippen molar-refractivity contribution in [1.82, 2.24) is 5.32 Å². The molecule has 0 aromatic heterocycles. The third kappa shape index (κ3) is 1.61. The fourth-order valence-corrected chi connectivity index (χ4v) is 2.09. The molecule has 0 aliphatic carbocycles. The van der Waals surface area contributed by atoms with E-state index in [0.717, 1.165) is 13.1 Å². The van der Waals surface area contributed by atoms with E-state index in [1.807, 2.05) is 13.1 Å². The van der Waals surface area contributed by atoms with Gasteiger partial charge in [-0.1, -0.05) is 18.2 Å². The van der Waals surface area contributed by atoms with E-state index in [2.05, 4.69) is 28.8 Å². The van der Waals surface area contributed by atoms with E-state index in [-0.39, 0.29) is 6.04 Å². The average Bonchev–Trinajstić information content (AvgIpc) is 2.64. The molecular formula is C11H17N3. The molecule has 2 rings (SSSR count). The fourth-order valence-electron chi connectivity index (χ4n) is 2.09. The summed E-state index contributed by atoms with van der Waals surface area (Å²) in [6.45, 7) is 1.91. The lowest BCUT2D eigenvalue weighted by Crippen LogP contribution is -2.27. The van der Waals surface area contributed by atoms with Crippen LogP contribution in [-0.4, -0.2) is 26.2 Å². The van der Waals surface area contributed by atoms with Crippen molar-refractivity contribution in [3.63, 3.8) is 0 Å². The lowest BCUT2D eigenvalue weighted by atomic mass is 9.93. The fraction of sp³-hybridized carbons (Fsp3) is 0.455. The molecule has 1 heterocycles. The third-order valence-electron chi connectivity index (χ3n) is 2.89. The molecule has 0 amide bonds. The van der Waals surface area contributed by atoms with Crippen molar-refractivity contribution < 1.29 is 0 Å². The molecule has 3 nitrogen and oxygen atoms in total. The zero-order valence-electron chi connectivity index (χ0n) is 8.46. The van der Waals surface area contributed by atoms with Crippen LogP contribution in [0.25, 0.3) is 0 Å². The molecule has 4 N–H and O–H groups in total. The summed E-state index contributed by atoms with van der Waals surface area (Å²) in [5, 5.41) is 6.53. The molecule has 1 aromatic carbocycles. The van der Waals surface area contributed by atoms with E-state index in [0.29, 0.717) is 5.92 Å². The highest BCUT2D eigenvalue weighted by molar-refractivity contribution is 5.53. The van der Waals surface area contributed by atoms with Crippen LogP contribution in [-0.2, 0) is 0 Å². The first-order chi connectivity index (χ1) is 6.83. The maximum atomic E-state index is 6.04. The molecule has 0 spiro atoms. The van der Waals surface area contributed by atoms with Gasteiger partial charge in [-0.15, -0.1) is 0 Å². The molecule has 1 saturated heterocycles. The summed E-state index contributed by atoms with van der Waals surface area (Å²) in [5.74, 6) is 0.443. The third-order valence-corrected chi connectivity index (χ3v) is 2.89. The van der Waals surface area contributed by atoms with E-state index < -0.39 is 0 Å². The zero-order chi connectivity index (χ0) is 9.97. The topological polar surface area (TPSA) is 50.1 Å². The van der Waals surface area contributed by atoms with Crippen LogP contribution in [0.1, 0.15) is 11.5 Å². The van der Waals surface area contributed by atoms with Crippen molar-refractivity contribution in [1.29, 1.82) is 0 Å². The average molecular weight is 191 g/mol. The molecule has 0 saturated carbocycles. The van der Waals surface area contributed by atoms with Gasteiger partial charge in [0.2, 0.25) is 0 Å². The molecule has 1 fully saturated rings. The van der Waals surface area contributed by atoms with Crippen molar-refractivity contribution in [2.45, 2.75) is 12.0 Å². The minimum atomic E-state index is 0.240. The van der Waals surface area contributed by atoms with Gasteiger partial charge in [0.15, 0.2) is 0 Å². The Balaban J connectivity index is 2.30. The van der Waals surface area contributed by atoms with Gasteiger partial charge >= 0.3 is 0 Å². The highest BCUT2D eigenvalue weighted by atomic mass is 15.0. The standard InChI is InChI=1S/C11H17N3/c1-13-11-5-3-2-4-8(11)9-6-14-7-10(9)12/h2-5,9-10,13-14H,6-7,12H2,1H3. The van der Waals surface area contributed by atoms with Crippen LogP contribution in [0.5, 0.6) is 0 Å². The Morgan fingerprint density at radius 2 is 2.14 bits per heavy atom. The quantitative estimate of drug-likeness (QED) is 0.646. The predicted molar refractivity (Wildman–Crippen MR) is 59.6 cm³/mol. The number of nitrogens with one attached hydrogen (secondary N) is 2. The predicted octanol–water partition coefficient (Wildman–Crippen LogP) is 0.742. The number of para-hydroxylation sites is 1. The Hall–Kier alpha value is -1.06. The van der Waals surface area contributed by atoms with Gasteiger partial charge in [-0.3, -0.25) is 0 Å². The lowest BCUT2D eigenvalue weighted by molar-refractivity contribution is 0.654. The van der Waals surface area contributed by atoms with E-state index in [1.165, 1.54) is 11.3 Å². The minimum Gasteiger partial charge on any atom is -0.388 e. The monoisotopic (exact) mass is 191 g/mol. The van der Waals surface area contributed by atoms with Crippen molar-refractivity contribution in [3.8, 4) is 0 Å². The number of benzene rings is 1. The van der Waals surface area contributed by atoms with Gasteiger partial charge in [-0.25, -0.2) is 0 Å². The number of anilines is 1. The van der Waals surface area contributed by atoms with Crippen LogP contribution >= 0.6 is 0 Å².